The van der Waals surface area contributed by atoms with Gasteiger partial charge in [0, 0.05) is 23.9 Å². The summed E-state index contributed by atoms with van der Waals surface area (Å²) >= 11 is 0. The topological polar surface area (TPSA) is 83.1 Å². The minimum absolute atomic E-state index is 0.184. The molecule has 1 aromatic heterocycles. The summed E-state index contributed by atoms with van der Waals surface area (Å²) < 4.78 is 30.0. The maximum atomic E-state index is 15.1. The number of carbonyl (C=O) groups is 2. The third-order valence-corrected chi connectivity index (χ3v) is 6.91. The van der Waals surface area contributed by atoms with Gasteiger partial charge in [-0.1, -0.05) is 42.5 Å². The molecule has 0 fully saturated rings. The van der Waals surface area contributed by atoms with Gasteiger partial charge in [-0.05, 0) is 41.3 Å². The first-order valence-corrected chi connectivity index (χ1v) is 11.3. The highest BCUT2D eigenvalue weighted by molar-refractivity contribution is 6.06. The Hall–Kier alpha value is -4.20. The highest BCUT2D eigenvalue weighted by Gasteiger charge is 2.48. The normalized spacial score (nSPS) is 18.7. The molecule has 35 heavy (non-hydrogen) atoms. The number of nitrogens with zero attached hydrogens (tertiary/aromatic N) is 2. The van der Waals surface area contributed by atoms with E-state index in [1.54, 1.807) is 42.5 Å². The summed E-state index contributed by atoms with van der Waals surface area (Å²) in [7, 11) is 0. The molecule has 1 aliphatic carbocycles. The number of Topliss-reactive ketones (excluding diaryl/α,β-unsaturated/α-hetero) is 1. The number of nitrogens with one attached hydrogen (secondary N) is 1. The van der Waals surface area contributed by atoms with Crippen molar-refractivity contribution in [3.05, 3.63) is 110 Å². The predicted octanol–water partition coefficient (Wildman–Crippen LogP) is 3.93. The molecule has 174 valence electrons. The van der Waals surface area contributed by atoms with Crippen molar-refractivity contribution in [1.82, 2.24) is 15.1 Å². The number of alkyl halides is 1. The van der Waals surface area contributed by atoms with E-state index in [-0.39, 0.29) is 24.1 Å². The summed E-state index contributed by atoms with van der Waals surface area (Å²) in [6.07, 6.45) is -1.17. The van der Waals surface area contributed by atoms with Crippen LogP contribution < -0.4 is 5.56 Å². The zero-order chi connectivity index (χ0) is 24.3. The molecule has 0 radical (unpaired) electrons. The number of hydrogen-bond donors (Lipinski definition) is 1. The minimum atomic E-state index is -1.88. The van der Waals surface area contributed by atoms with Gasteiger partial charge in [0.25, 0.3) is 11.5 Å². The molecule has 2 atom stereocenters. The molecule has 6 rings (SSSR count). The lowest BCUT2D eigenvalue weighted by Gasteiger charge is -2.35. The van der Waals surface area contributed by atoms with Gasteiger partial charge in [-0.25, -0.2) is 13.9 Å². The fraction of sp³-hybridized carbons (Fsp3) is 0.185. The number of amides is 1. The number of fused-ring (bicyclic) bond motifs is 1. The Balaban J connectivity index is 1.36. The summed E-state index contributed by atoms with van der Waals surface area (Å²) in [5, 5.41) is 7.77. The molecule has 3 aromatic carbocycles. The lowest BCUT2D eigenvalue weighted by atomic mass is 9.92. The number of aromatic amines is 1. The number of halogens is 2. The maximum absolute atomic E-state index is 15.1. The second kappa shape index (κ2) is 7.94. The number of hydrogen-bond acceptors (Lipinski definition) is 4. The smallest absolute Gasteiger partial charge is 0.272 e. The van der Waals surface area contributed by atoms with Crippen molar-refractivity contribution in [3.8, 4) is 0 Å². The number of aromatic nitrogens is 2. The second-order valence-corrected chi connectivity index (χ2v) is 8.87. The SMILES string of the molecule is O=C1c2cccc3c2C(C1F)N(C(=O)c1cc(Cc2n[nH]c(=O)c4ccccc24)ccc1F)CC3. The van der Waals surface area contributed by atoms with Crippen LogP contribution in [0.25, 0.3) is 10.8 Å². The highest BCUT2D eigenvalue weighted by atomic mass is 19.1. The summed E-state index contributed by atoms with van der Waals surface area (Å²) in [5.74, 6) is -2.03. The molecule has 0 saturated heterocycles. The van der Waals surface area contributed by atoms with Crippen LogP contribution in [0.4, 0.5) is 8.78 Å². The van der Waals surface area contributed by atoms with Crippen LogP contribution >= 0.6 is 0 Å². The van der Waals surface area contributed by atoms with Gasteiger partial charge in [0.1, 0.15) is 5.82 Å². The van der Waals surface area contributed by atoms with Crippen molar-refractivity contribution in [2.45, 2.75) is 25.1 Å². The standard InChI is InChI=1S/C27H19F2N3O3/c28-20-9-8-14(13-21-16-5-1-2-6-17(16)26(34)31-30-21)12-19(20)27(35)32-11-10-15-4-3-7-18-22(15)24(32)23(29)25(18)33/h1-9,12,23-24H,10-11,13H2,(H,31,34). The maximum Gasteiger partial charge on any atom is 0.272 e. The van der Waals surface area contributed by atoms with Gasteiger partial charge in [-0.2, -0.15) is 5.10 Å². The van der Waals surface area contributed by atoms with E-state index in [0.717, 1.165) is 5.56 Å². The van der Waals surface area contributed by atoms with Gasteiger partial charge in [0.15, 0.2) is 12.0 Å². The Bertz CT molecular complexity index is 1600. The Labute approximate surface area is 198 Å². The molecule has 6 nitrogen and oxygen atoms in total. The van der Waals surface area contributed by atoms with Crippen molar-refractivity contribution in [2.75, 3.05) is 6.54 Å². The zero-order valence-electron chi connectivity index (χ0n) is 18.4. The molecular weight excluding hydrogens is 452 g/mol. The molecule has 1 aliphatic heterocycles. The van der Waals surface area contributed by atoms with Crippen LogP contribution in [0.3, 0.4) is 0 Å². The van der Waals surface area contributed by atoms with Crippen molar-refractivity contribution < 1.29 is 18.4 Å². The number of benzene rings is 3. The van der Waals surface area contributed by atoms with E-state index in [0.29, 0.717) is 39.6 Å². The van der Waals surface area contributed by atoms with Crippen molar-refractivity contribution >= 4 is 22.5 Å². The molecule has 2 heterocycles. The molecular formula is C27H19F2N3O3. The number of H-pyrrole nitrogens is 1. The van der Waals surface area contributed by atoms with Gasteiger partial charge >= 0.3 is 0 Å². The molecule has 1 amide bonds. The quantitative estimate of drug-likeness (QED) is 0.491. The zero-order valence-corrected chi connectivity index (χ0v) is 18.4. The Morgan fingerprint density at radius 2 is 1.86 bits per heavy atom. The molecule has 4 aromatic rings. The van der Waals surface area contributed by atoms with Crippen LogP contribution in [0.1, 0.15) is 49.1 Å². The van der Waals surface area contributed by atoms with Crippen molar-refractivity contribution in [1.29, 1.82) is 0 Å². The van der Waals surface area contributed by atoms with Crippen LogP contribution in [-0.2, 0) is 12.8 Å². The average Bonchev–Trinajstić information content (AvgIpc) is 3.14. The molecule has 8 heteroatoms. The second-order valence-electron chi connectivity index (χ2n) is 8.87. The van der Waals surface area contributed by atoms with E-state index < -0.39 is 29.7 Å². The molecule has 0 spiro atoms. The Kier molecular flexibility index (Phi) is 4.84. The third kappa shape index (κ3) is 3.28. The van der Waals surface area contributed by atoms with Crippen LogP contribution in [0.5, 0.6) is 0 Å². The van der Waals surface area contributed by atoms with Crippen LogP contribution in [0.2, 0.25) is 0 Å². The van der Waals surface area contributed by atoms with E-state index in [1.807, 2.05) is 6.07 Å². The van der Waals surface area contributed by atoms with Gasteiger partial charge in [-0.15, -0.1) is 0 Å². The summed E-state index contributed by atoms with van der Waals surface area (Å²) in [4.78, 5) is 39.3. The molecule has 1 N–H and O–H groups in total. The van der Waals surface area contributed by atoms with E-state index in [1.165, 1.54) is 17.0 Å². The molecule has 2 unspecified atom stereocenters. The van der Waals surface area contributed by atoms with Gasteiger partial charge in [0.05, 0.1) is 22.7 Å². The summed E-state index contributed by atoms with van der Waals surface area (Å²) in [5.41, 5.74) is 2.35. The fourth-order valence-corrected chi connectivity index (χ4v) is 5.26. The van der Waals surface area contributed by atoms with Crippen LogP contribution in [0.15, 0.2) is 65.5 Å². The first kappa shape index (κ1) is 21.3. The number of rotatable bonds is 3. The first-order valence-electron chi connectivity index (χ1n) is 11.3. The lowest BCUT2D eigenvalue weighted by molar-refractivity contribution is 0.0528. The molecule has 2 aliphatic rings. The van der Waals surface area contributed by atoms with Crippen molar-refractivity contribution in [2.24, 2.45) is 0 Å². The number of carbonyl (C=O) groups excluding carboxylic acids is 2. The third-order valence-electron chi connectivity index (χ3n) is 6.91. The first-order chi connectivity index (χ1) is 16.9. The minimum Gasteiger partial charge on any atom is -0.328 e. The highest BCUT2D eigenvalue weighted by Crippen LogP contribution is 2.43. The van der Waals surface area contributed by atoms with E-state index in [4.69, 9.17) is 0 Å². The van der Waals surface area contributed by atoms with Gasteiger partial charge < -0.3 is 4.90 Å². The molecule has 0 bridgehead atoms. The van der Waals surface area contributed by atoms with Gasteiger partial charge in [0.2, 0.25) is 0 Å². The average molecular weight is 471 g/mol. The molecule has 0 saturated carbocycles. The summed E-state index contributed by atoms with van der Waals surface area (Å²) in [6, 6.07) is 15.3. The number of ketones is 1. The Morgan fingerprint density at radius 1 is 1.06 bits per heavy atom. The van der Waals surface area contributed by atoms with E-state index in [2.05, 4.69) is 10.2 Å². The lowest BCUT2D eigenvalue weighted by Crippen LogP contribution is -2.43. The van der Waals surface area contributed by atoms with Crippen LogP contribution in [-0.4, -0.2) is 39.5 Å². The predicted molar refractivity (Wildman–Crippen MR) is 125 cm³/mol. The summed E-state index contributed by atoms with van der Waals surface area (Å²) in [6.45, 7) is 0.184. The Morgan fingerprint density at radius 3 is 2.69 bits per heavy atom. The fourth-order valence-electron chi connectivity index (χ4n) is 5.26. The largest absolute Gasteiger partial charge is 0.328 e. The van der Waals surface area contributed by atoms with Crippen LogP contribution in [0, 0.1) is 5.82 Å². The van der Waals surface area contributed by atoms with E-state index >= 15 is 4.39 Å². The van der Waals surface area contributed by atoms with Crippen molar-refractivity contribution in [3.63, 3.8) is 0 Å². The monoisotopic (exact) mass is 471 g/mol. The van der Waals surface area contributed by atoms with Gasteiger partial charge in [-0.3, -0.25) is 14.4 Å². The van der Waals surface area contributed by atoms with E-state index in [9.17, 15) is 18.8 Å².